The van der Waals surface area contributed by atoms with Crippen LogP contribution < -0.4 is 24.3 Å². The Labute approximate surface area is 205 Å². The van der Waals surface area contributed by atoms with Crippen LogP contribution in [-0.4, -0.2) is 52.2 Å². The van der Waals surface area contributed by atoms with Gasteiger partial charge < -0.3 is 29.0 Å². The summed E-state index contributed by atoms with van der Waals surface area (Å²) in [7, 11) is 4.40. The van der Waals surface area contributed by atoms with E-state index >= 15 is 0 Å². The summed E-state index contributed by atoms with van der Waals surface area (Å²) in [6.45, 7) is 2.27. The second-order valence-corrected chi connectivity index (χ2v) is 7.63. The molecule has 0 saturated heterocycles. The zero-order valence-corrected chi connectivity index (χ0v) is 20.7. The molecule has 0 fully saturated rings. The number of anilines is 1. The van der Waals surface area contributed by atoms with Crippen LogP contribution in [0.5, 0.6) is 23.0 Å². The van der Waals surface area contributed by atoms with Crippen LogP contribution in [-0.2, 0) is 14.3 Å². The molecule has 1 N–H and O–H groups in total. The number of hydrogen-bond acceptors (Lipinski definition) is 8. The predicted molar refractivity (Wildman–Crippen MR) is 131 cm³/mol. The fraction of sp³-hybridized carbons (Fsp3) is 0.423. The van der Waals surface area contributed by atoms with Crippen molar-refractivity contribution >= 4 is 23.3 Å². The third kappa shape index (κ3) is 8.84. The lowest BCUT2D eigenvalue weighted by atomic mass is 10.1. The third-order valence-corrected chi connectivity index (χ3v) is 5.06. The molecule has 0 aliphatic rings. The Morgan fingerprint density at radius 3 is 2.09 bits per heavy atom. The maximum atomic E-state index is 12.4. The van der Waals surface area contributed by atoms with Gasteiger partial charge in [0.25, 0.3) is 5.91 Å². The van der Waals surface area contributed by atoms with Crippen molar-refractivity contribution in [3.8, 4) is 23.0 Å². The molecule has 9 heteroatoms. The van der Waals surface area contributed by atoms with Crippen molar-refractivity contribution in [1.29, 1.82) is 0 Å². The first-order chi connectivity index (χ1) is 16.9. The van der Waals surface area contributed by atoms with Gasteiger partial charge in [-0.2, -0.15) is 0 Å². The Hall–Kier alpha value is -3.75. The number of hydrogen-bond donors (Lipinski definition) is 1. The number of methoxy groups -OCH3 is 3. The average molecular weight is 488 g/mol. The van der Waals surface area contributed by atoms with Crippen molar-refractivity contribution in [3.63, 3.8) is 0 Å². The molecule has 2 aromatic rings. The maximum absolute atomic E-state index is 12.4. The lowest BCUT2D eigenvalue weighted by molar-refractivity contribution is -0.147. The summed E-state index contributed by atoms with van der Waals surface area (Å²) in [5.74, 6) is 0.444. The van der Waals surface area contributed by atoms with E-state index in [1.807, 2.05) is 0 Å². The lowest BCUT2D eigenvalue weighted by Gasteiger charge is -2.14. The fourth-order valence-corrected chi connectivity index (χ4v) is 3.21. The van der Waals surface area contributed by atoms with Crippen molar-refractivity contribution in [2.24, 2.45) is 0 Å². The van der Waals surface area contributed by atoms with Gasteiger partial charge in [-0.3, -0.25) is 14.4 Å². The predicted octanol–water partition coefficient (Wildman–Crippen LogP) is 4.43. The van der Waals surface area contributed by atoms with E-state index in [9.17, 15) is 14.4 Å². The highest BCUT2D eigenvalue weighted by Crippen LogP contribution is 2.39. The molecule has 0 aliphatic heterocycles. The minimum absolute atomic E-state index is 0.0238. The fourth-order valence-electron chi connectivity index (χ4n) is 3.21. The van der Waals surface area contributed by atoms with E-state index in [0.717, 1.165) is 19.3 Å². The summed E-state index contributed by atoms with van der Waals surface area (Å²) in [4.78, 5) is 36.6. The highest BCUT2D eigenvalue weighted by atomic mass is 16.5. The largest absolute Gasteiger partial charge is 0.494 e. The Morgan fingerprint density at radius 2 is 1.51 bits per heavy atom. The topological polar surface area (TPSA) is 109 Å². The highest BCUT2D eigenvalue weighted by Gasteiger charge is 2.16. The monoisotopic (exact) mass is 487 g/mol. The number of Topliss-reactive ketones (excluding diaryl/α,β-unsaturated/α-hetero) is 1. The van der Waals surface area contributed by atoms with Crippen molar-refractivity contribution < 1.29 is 38.1 Å². The van der Waals surface area contributed by atoms with Gasteiger partial charge in [0.05, 0.1) is 34.4 Å². The molecule has 0 aromatic heterocycles. The van der Waals surface area contributed by atoms with Crippen molar-refractivity contribution in [2.45, 2.75) is 39.0 Å². The van der Waals surface area contributed by atoms with E-state index in [1.165, 1.54) is 21.3 Å². The van der Waals surface area contributed by atoms with Gasteiger partial charge in [-0.15, -0.1) is 0 Å². The van der Waals surface area contributed by atoms with Crippen molar-refractivity contribution in [3.05, 3.63) is 42.0 Å². The molecule has 35 heavy (non-hydrogen) atoms. The number of unbranched alkanes of at least 4 members (excludes halogenated alkanes) is 2. The number of carbonyl (C=O) groups is 3. The first-order valence-corrected chi connectivity index (χ1v) is 11.4. The lowest BCUT2D eigenvalue weighted by Crippen LogP contribution is -2.21. The van der Waals surface area contributed by atoms with Gasteiger partial charge in [0.15, 0.2) is 23.9 Å². The number of amides is 1. The van der Waals surface area contributed by atoms with E-state index in [1.54, 1.807) is 36.4 Å². The van der Waals surface area contributed by atoms with E-state index in [-0.39, 0.29) is 18.6 Å². The quantitative estimate of drug-likeness (QED) is 0.223. The van der Waals surface area contributed by atoms with E-state index in [4.69, 9.17) is 23.7 Å². The van der Waals surface area contributed by atoms with Crippen LogP contribution in [0.3, 0.4) is 0 Å². The first kappa shape index (κ1) is 27.5. The number of carbonyl (C=O) groups excluding carboxylic acids is 3. The third-order valence-electron chi connectivity index (χ3n) is 5.06. The zero-order chi connectivity index (χ0) is 25.6. The van der Waals surface area contributed by atoms with Gasteiger partial charge in [-0.1, -0.05) is 19.8 Å². The van der Waals surface area contributed by atoms with Crippen LogP contribution in [0, 0.1) is 0 Å². The normalized spacial score (nSPS) is 10.3. The zero-order valence-electron chi connectivity index (χ0n) is 20.7. The van der Waals surface area contributed by atoms with Crippen LogP contribution in [0.2, 0.25) is 0 Å². The summed E-state index contributed by atoms with van der Waals surface area (Å²) in [5, 5.41) is 2.60. The molecular formula is C26H33NO8. The summed E-state index contributed by atoms with van der Waals surface area (Å²) in [6, 6.07) is 9.94. The summed E-state index contributed by atoms with van der Waals surface area (Å²) < 4.78 is 26.3. The number of esters is 1. The summed E-state index contributed by atoms with van der Waals surface area (Å²) in [5.41, 5.74) is 0.868. The SMILES string of the molecule is CCCCCOc1ccc(C(=O)CCC(=O)OCC(=O)Nc2cc(OC)c(OC)c(OC)c2)cc1. The van der Waals surface area contributed by atoms with Gasteiger partial charge in [0.2, 0.25) is 5.75 Å². The van der Waals surface area contributed by atoms with E-state index < -0.39 is 18.5 Å². The van der Waals surface area contributed by atoms with Gasteiger partial charge in [-0.05, 0) is 30.7 Å². The molecule has 0 atom stereocenters. The molecule has 0 unspecified atom stereocenters. The number of ether oxygens (including phenoxy) is 5. The molecule has 9 nitrogen and oxygen atoms in total. The summed E-state index contributed by atoms with van der Waals surface area (Å²) >= 11 is 0. The van der Waals surface area contributed by atoms with Gasteiger partial charge in [-0.25, -0.2) is 0 Å². The Balaban J connectivity index is 1.77. The van der Waals surface area contributed by atoms with E-state index in [2.05, 4.69) is 12.2 Å². The number of ketones is 1. The smallest absolute Gasteiger partial charge is 0.306 e. The minimum Gasteiger partial charge on any atom is -0.494 e. The van der Waals surface area contributed by atoms with E-state index in [0.29, 0.717) is 40.9 Å². The second kappa shape index (κ2) is 14.5. The van der Waals surface area contributed by atoms with Crippen molar-refractivity contribution in [2.75, 3.05) is 39.9 Å². The molecule has 0 radical (unpaired) electrons. The Kier molecular flexibility index (Phi) is 11.4. The van der Waals surface area contributed by atoms with Crippen LogP contribution >= 0.6 is 0 Å². The molecule has 0 aliphatic carbocycles. The molecule has 1 amide bonds. The van der Waals surface area contributed by atoms with Crippen LogP contribution in [0.1, 0.15) is 49.4 Å². The number of benzene rings is 2. The average Bonchev–Trinajstić information content (AvgIpc) is 2.88. The molecule has 2 rings (SSSR count). The molecule has 190 valence electrons. The van der Waals surface area contributed by atoms with Crippen molar-refractivity contribution in [1.82, 2.24) is 0 Å². The molecule has 0 spiro atoms. The van der Waals surface area contributed by atoms with Crippen LogP contribution in [0.25, 0.3) is 0 Å². The number of nitrogens with one attached hydrogen (secondary N) is 1. The second-order valence-electron chi connectivity index (χ2n) is 7.63. The standard InChI is InChI=1S/C26H33NO8/c1-5-6-7-14-34-20-10-8-18(9-11-20)21(28)12-13-25(30)35-17-24(29)27-19-15-22(31-2)26(33-4)23(16-19)32-3/h8-11,15-16H,5-7,12-14,17H2,1-4H3,(H,27,29). The van der Waals surface area contributed by atoms with Gasteiger partial charge in [0, 0.05) is 29.8 Å². The maximum Gasteiger partial charge on any atom is 0.306 e. The highest BCUT2D eigenvalue weighted by molar-refractivity contribution is 5.98. The molecule has 0 saturated carbocycles. The van der Waals surface area contributed by atoms with Gasteiger partial charge >= 0.3 is 5.97 Å². The molecular weight excluding hydrogens is 454 g/mol. The molecule has 0 bridgehead atoms. The minimum atomic E-state index is -0.644. The van der Waals surface area contributed by atoms with Crippen LogP contribution in [0.15, 0.2) is 36.4 Å². The van der Waals surface area contributed by atoms with Crippen LogP contribution in [0.4, 0.5) is 5.69 Å². The first-order valence-electron chi connectivity index (χ1n) is 11.4. The Morgan fingerprint density at radius 1 is 0.857 bits per heavy atom. The number of rotatable bonds is 15. The Bertz CT molecular complexity index is 962. The van der Waals surface area contributed by atoms with Gasteiger partial charge in [0.1, 0.15) is 5.75 Å². The molecule has 2 aromatic carbocycles. The summed E-state index contributed by atoms with van der Waals surface area (Å²) in [6.07, 6.45) is 3.06. The molecule has 0 heterocycles.